The molecule has 6 rings (SSSR count). The van der Waals surface area contributed by atoms with Crippen LogP contribution in [0.15, 0.2) is 11.3 Å². The van der Waals surface area contributed by atoms with Gasteiger partial charge in [-0.25, -0.2) is 9.69 Å². The van der Waals surface area contributed by atoms with Crippen LogP contribution in [-0.4, -0.2) is 124 Å². The zero-order valence-corrected chi connectivity index (χ0v) is 23.7. The summed E-state index contributed by atoms with van der Waals surface area (Å²) in [4.78, 5) is 65.4. The van der Waals surface area contributed by atoms with Crippen LogP contribution in [-0.2, 0) is 28.7 Å². The van der Waals surface area contributed by atoms with Crippen molar-refractivity contribution in [2.24, 2.45) is 17.6 Å². The Balaban J connectivity index is 1.16. The zero-order chi connectivity index (χ0) is 29.0. The molecule has 0 aromatic rings. The number of ketones is 2. The number of carbonyl (C=O) groups is 5. The molecule has 0 saturated carbocycles. The average Bonchev–Trinajstić information content (AvgIpc) is 3.16. The van der Waals surface area contributed by atoms with Crippen molar-refractivity contribution in [2.75, 3.05) is 44.9 Å². The highest BCUT2D eigenvalue weighted by Crippen LogP contribution is 2.75. The summed E-state index contributed by atoms with van der Waals surface area (Å²) in [6, 6.07) is -0.813. The summed E-state index contributed by atoms with van der Waals surface area (Å²) in [5.74, 6) is -2.55. The van der Waals surface area contributed by atoms with E-state index in [2.05, 4.69) is 15.5 Å². The number of piperazine rings is 1. The Hall–Kier alpha value is -2.37. The summed E-state index contributed by atoms with van der Waals surface area (Å²) >= 11 is 0. The molecule has 5 fully saturated rings. The molecule has 1 aliphatic carbocycles. The van der Waals surface area contributed by atoms with Gasteiger partial charge >= 0.3 is 18.0 Å². The van der Waals surface area contributed by atoms with Crippen molar-refractivity contribution in [3.05, 3.63) is 11.3 Å². The van der Waals surface area contributed by atoms with Crippen LogP contribution in [0.5, 0.6) is 0 Å². The summed E-state index contributed by atoms with van der Waals surface area (Å²) in [7, 11) is 4.61. The lowest BCUT2D eigenvalue weighted by Crippen LogP contribution is -2.62. The molecule has 1 amide bonds. The molecule has 2 unspecified atom stereocenters. The molecule has 9 atom stereocenters. The maximum absolute atomic E-state index is 14.0. The Bertz CT molecular complexity index is 1170. The molecule has 6 aliphatic rings. The van der Waals surface area contributed by atoms with Crippen LogP contribution in [0.3, 0.4) is 0 Å². The van der Waals surface area contributed by atoms with Crippen molar-refractivity contribution in [3.8, 4) is 0 Å². The van der Waals surface area contributed by atoms with Gasteiger partial charge in [0.15, 0.2) is 17.2 Å². The van der Waals surface area contributed by atoms with Crippen LogP contribution in [0.4, 0.5) is 4.79 Å². The number of hydrogen-bond acceptors (Lipinski definition) is 13. The molecule has 40 heavy (non-hydrogen) atoms. The summed E-state index contributed by atoms with van der Waals surface area (Å²) in [5.41, 5.74) is 3.89. The molecule has 0 radical (unpaired) electrons. The number of aliphatic carboxylic acids is 2. The van der Waals surface area contributed by atoms with Crippen LogP contribution in [0.25, 0.3) is 0 Å². The lowest BCUT2D eigenvalue weighted by molar-refractivity contribution is -0.141. The minimum Gasteiger partial charge on any atom is -0.481 e. The van der Waals surface area contributed by atoms with Gasteiger partial charge in [-0.3, -0.25) is 24.1 Å². The highest BCUT2D eigenvalue weighted by atomic mass is 33.1. The molecule has 5 heterocycles. The first-order valence-electron chi connectivity index (χ1n) is 13.0. The number of piperidine rings is 1. The molecule has 6 N–H and O–H groups in total. The predicted octanol–water partition coefficient (Wildman–Crippen LogP) is -0.947. The van der Waals surface area contributed by atoms with E-state index in [1.807, 2.05) is 4.90 Å². The molecule has 1 spiro atoms. The van der Waals surface area contributed by atoms with Crippen LogP contribution in [0.2, 0.25) is 0 Å². The van der Waals surface area contributed by atoms with Gasteiger partial charge in [-0.1, -0.05) is 21.6 Å². The van der Waals surface area contributed by atoms with E-state index in [-0.39, 0.29) is 48.8 Å². The van der Waals surface area contributed by atoms with Gasteiger partial charge in [0.25, 0.3) is 0 Å². The predicted molar refractivity (Wildman–Crippen MR) is 143 cm³/mol. The number of primary amides is 1. The number of Topliss-reactive ketones (excluding diaryl/α,β-unsaturated/α-hetero) is 2. The Morgan fingerprint density at radius 3 is 2.50 bits per heavy atom. The molecule has 5 saturated heterocycles. The van der Waals surface area contributed by atoms with E-state index in [1.54, 1.807) is 14.0 Å². The molecule has 0 aromatic heterocycles. The van der Waals surface area contributed by atoms with Crippen LogP contribution >= 0.6 is 21.6 Å². The maximum Gasteiger partial charge on any atom is 0.404 e. The number of carboxylic acids is 2. The highest BCUT2D eigenvalue weighted by Gasteiger charge is 2.95. The van der Waals surface area contributed by atoms with E-state index in [9.17, 15) is 29.1 Å². The number of allylic oxidation sites excluding steroid dienone is 1. The third kappa shape index (κ3) is 4.14. The molecule has 6 bridgehead atoms. The number of amides is 1. The number of ether oxygens (including phenoxy) is 2. The van der Waals surface area contributed by atoms with Gasteiger partial charge < -0.3 is 36.1 Å². The summed E-state index contributed by atoms with van der Waals surface area (Å²) in [6.07, 6.45) is -1.16. The smallest absolute Gasteiger partial charge is 0.404 e. The molecule has 14 nitrogen and oxygen atoms in total. The first kappa shape index (κ1) is 29.1. The van der Waals surface area contributed by atoms with E-state index < -0.39 is 47.3 Å². The second-order valence-corrected chi connectivity index (χ2v) is 13.2. The molecule has 0 aromatic carbocycles. The van der Waals surface area contributed by atoms with Gasteiger partial charge in [0, 0.05) is 56.3 Å². The van der Waals surface area contributed by atoms with E-state index in [1.165, 1.54) is 21.6 Å². The minimum atomic E-state index is -1.11. The van der Waals surface area contributed by atoms with Crippen LogP contribution in [0.1, 0.15) is 19.8 Å². The Labute approximate surface area is 238 Å². The fraction of sp³-hybridized carbons (Fsp3) is 0.708. The molecular weight excluding hydrogens is 566 g/mol. The summed E-state index contributed by atoms with van der Waals surface area (Å²) in [5, 5.41) is 24.0. The van der Waals surface area contributed by atoms with E-state index in [0.29, 0.717) is 36.7 Å². The number of nitrogens with one attached hydrogen (secondary N) is 2. The number of nitrogens with zero attached hydrogens (tertiary/aromatic N) is 2. The normalized spacial score (nSPS) is 37.0. The largest absolute Gasteiger partial charge is 0.481 e. The lowest BCUT2D eigenvalue weighted by atomic mass is 9.69. The van der Waals surface area contributed by atoms with E-state index in [0.717, 1.165) is 0 Å². The standard InChI is InChI=1S/C24H33N5O9S2/c1-11-17(27-6-8-40-39-7-5-26-13(21(34)35)3-4-15(30)31)18(32)16-12(10-38-22(25)36)24(37-2)19-14-9-28(24)23(16,20(11)33)29(14)19/h12-14,16,19,26-27H,3-10H2,1-2H3,(H2,25,36)(H,30,31)(H,34,35)/t12-,13+,14+,16+,19+,23-,24-,29?/m1/s1. The second-order valence-electron chi connectivity index (χ2n) is 10.5. The van der Waals surface area contributed by atoms with Crippen molar-refractivity contribution in [1.82, 2.24) is 20.4 Å². The van der Waals surface area contributed by atoms with Crippen LogP contribution < -0.4 is 16.4 Å². The molecule has 16 heteroatoms. The number of hydrogen-bond donors (Lipinski definition) is 5. The monoisotopic (exact) mass is 599 g/mol. The fourth-order valence-corrected chi connectivity index (χ4v) is 9.20. The molecule has 220 valence electrons. The molecule has 5 aliphatic heterocycles. The van der Waals surface area contributed by atoms with Gasteiger partial charge in [-0.05, 0) is 13.3 Å². The van der Waals surface area contributed by atoms with Crippen molar-refractivity contribution in [1.29, 1.82) is 0 Å². The topological polar surface area (TPSA) is 201 Å². The van der Waals surface area contributed by atoms with Crippen molar-refractivity contribution < 1.29 is 43.7 Å². The first-order chi connectivity index (χ1) is 19.0. The Kier molecular flexibility index (Phi) is 7.86. The minimum absolute atomic E-state index is 0.00767. The van der Waals surface area contributed by atoms with E-state index >= 15 is 0 Å². The molecular formula is C24H33N5O9S2. The highest BCUT2D eigenvalue weighted by molar-refractivity contribution is 8.76. The average molecular weight is 600 g/mol. The lowest BCUT2D eigenvalue weighted by Gasteiger charge is -2.41. The van der Waals surface area contributed by atoms with Crippen molar-refractivity contribution >= 4 is 51.2 Å². The summed E-state index contributed by atoms with van der Waals surface area (Å²) in [6.45, 7) is 2.99. The third-order valence-electron chi connectivity index (χ3n) is 8.72. The number of methoxy groups -OCH3 is 1. The number of nitrogens with two attached hydrogens (primary N) is 1. The van der Waals surface area contributed by atoms with E-state index in [4.69, 9.17) is 20.3 Å². The summed E-state index contributed by atoms with van der Waals surface area (Å²) < 4.78 is 11.2. The van der Waals surface area contributed by atoms with Crippen LogP contribution in [0, 0.1) is 11.8 Å². The number of rotatable bonds is 16. The second kappa shape index (κ2) is 10.8. The Morgan fingerprint density at radius 1 is 1.20 bits per heavy atom. The number of carboxylic acid groups (broad SMARTS) is 2. The van der Waals surface area contributed by atoms with Crippen molar-refractivity contribution in [2.45, 2.75) is 49.3 Å². The van der Waals surface area contributed by atoms with Gasteiger partial charge in [-0.2, -0.15) is 0 Å². The van der Waals surface area contributed by atoms with Crippen molar-refractivity contribution in [3.63, 3.8) is 0 Å². The first-order valence-corrected chi connectivity index (χ1v) is 15.5. The van der Waals surface area contributed by atoms with Gasteiger partial charge in [0.05, 0.1) is 23.6 Å². The zero-order valence-electron chi connectivity index (χ0n) is 22.1. The quantitative estimate of drug-likeness (QED) is 0.0825. The van der Waals surface area contributed by atoms with Gasteiger partial charge in [0.1, 0.15) is 18.4 Å². The maximum atomic E-state index is 14.0. The van der Waals surface area contributed by atoms with Gasteiger partial charge in [-0.15, -0.1) is 0 Å². The van der Waals surface area contributed by atoms with Gasteiger partial charge in [0.2, 0.25) is 0 Å². The SMILES string of the molecule is CO[C@]12[C@H](COC(N)=O)[C@H]3C(=O)C(NCCSSCCN[C@@H](CCC(=O)O)C(=O)O)=C(C)C(=O)[C@]34N3[C@H]1[C@@H]3CN24. The fourth-order valence-electron chi connectivity index (χ4n) is 7.37. The Morgan fingerprint density at radius 2 is 1.90 bits per heavy atom. The third-order valence-corrected chi connectivity index (χ3v) is 11.1. The number of carbonyl (C=O) groups excluding carboxylic acids is 3.